The number of para-hydroxylation sites is 1. The fourth-order valence-corrected chi connectivity index (χ4v) is 1.77. The van der Waals surface area contributed by atoms with E-state index in [1.54, 1.807) is 12.1 Å². The van der Waals surface area contributed by atoms with E-state index in [2.05, 4.69) is 0 Å². The number of nitrogen functional groups attached to an aromatic ring is 1. The smallest absolute Gasteiger partial charge is 0.140 e. The zero-order valence-electron chi connectivity index (χ0n) is 9.86. The molecule has 0 bridgehead atoms. The Morgan fingerprint density at radius 2 is 1.78 bits per heavy atom. The summed E-state index contributed by atoms with van der Waals surface area (Å²) < 4.78 is 12.8. The minimum absolute atomic E-state index is 0.0564. The topological polar surface area (TPSA) is 66.5 Å². The van der Waals surface area contributed by atoms with Crippen molar-refractivity contribution in [2.45, 2.75) is 6.54 Å². The van der Waals surface area contributed by atoms with Crippen LogP contribution in [0.1, 0.15) is 11.1 Å². The van der Waals surface area contributed by atoms with Gasteiger partial charge in [-0.2, -0.15) is 0 Å². The Morgan fingerprint density at radius 3 is 2.44 bits per heavy atom. The molecule has 92 valence electrons. The number of halogens is 1. The van der Waals surface area contributed by atoms with E-state index in [4.69, 9.17) is 11.1 Å². The summed E-state index contributed by atoms with van der Waals surface area (Å²) in [4.78, 5) is 0. The monoisotopic (exact) mass is 244 g/mol. The molecule has 5 N–H and O–H groups in total. The lowest BCUT2D eigenvalue weighted by molar-refractivity contribution is -0.588. The highest BCUT2D eigenvalue weighted by molar-refractivity contribution is 5.98. The van der Waals surface area contributed by atoms with Gasteiger partial charge in [0.1, 0.15) is 23.9 Å². The molecule has 0 aliphatic carbocycles. The molecule has 0 fully saturated rings. The molecule has 0 spiro atoms. The van der Waals surface area contributed by atoms with Gasteiger partial charge in [-0.15, -0.1) is 0 Å². The number of amidine groups is 1. The summed E-state index contributed by atoms with van der Waals surface area (Å²) in [5.41, 5.74) is 8.19. The predicted molar refractivity (Wildman–Crippen MR) is 69.1 cm³/mol. The normalized spacial score (nSPS) is 10.3. The maximum Gasteiger partial charge on any atom is 0.140 e. The van der Waals surface area contributed by atoms with Crippen molar-refractivity contribution in [2.75, 3.05) is 0 Å². The number of nitrogens with one attached hydrogen (secondary N) is 1. The van der Waals surface area contributed by atoms with Crippen molar-refractivity contribution in [3.8, 4) is 0 Å². The third-order valence-electron chi connectivity index (χ3n) is 2.72. The first-order chi connectivity index (χ1) is 8.66. The van der Waals surface area contributed by atoms with Gasteiger partial charge in [0.25, 0.3) is 0 Å². The lowest BCUT2D eigenvalue weighted by Gasteiger charge is -2.06. The maximum atomic E-state index is 12.8. The van der Waals surface area contributed by atoms with E-state index in [1.807, 2.05) is 29.6 Å². The van der Waals surface area contributed by atoms with Crippen LogP contribution in [0.4, 0.5) is 10.1 Å². The van der Waals surface area contributed by atoms with Crippen molar-refractivity contribution in [3.05, 3.63) is 65.5 Å². The Balaban J connectivity index is 2.10. The fourth-order valence-electron chi connectivity index (χ4n) is 1.77. The average molecular weight is 244 g/mol. The molecule has 0 aliphatic heterocycles. The minimum Gasteiger partial charge on any atom is -0.383 e. The molecule has 0 radical (unpaired) electrons. The lowest BCUT2D eigenvalue weighted by Crippen LogP contribution is -2.76. The Labute approximate surface area is 105 Å². The molecular formula is C14H15FN3+. The van der Waals surface area contributed by atoms with Crippen LogP contribution in [-0.2, 0) is 6.54 Å². The van der Waals surface area contributed by atoms with E-state index in [-0.39, 0.29) is 11.7 Å². The van der Waals surface area contributed by atoms with Gasteiger partial charge in [-0.1, -0.05) is 24.3 Å². The molecule has 4 heteroatoms. The van der Waals surface area contributed by atoms with E-state index in [1.165, 1.54) is 12.1 Å². The zero-order chi connectivity index (χ0) is 13.0. The molecule has 0 aromatic heterocycles. The van der Waals surface area contributed by atoms with Gasteiger partial charge in [-0.3, -0.25) is 5.41 Å². The standard InChI is InChI=1S/C14H14FN3/c15-11-7-5-10(6-8-11)9-18-13-4-2-1-3-12(13)14(16)17/h1-8,18H,9H2,(H3,16,17)/p+1. The summed E-state index contributed by atoms with van der Waals surface area (Å²) in [6.45, 7) is 0.685. The van der Waals surface area contributed by atoms with Crippen LogP contribution in [0.15, 0.2) is 48.5 Å². The molecule has 0 aliphatic rings. The molecule has 2 rings (SSSR count). The summed E-state index contributed by atoms with van der Waals surface area (Å²) in [6.07, 6.45) is 0. The van der Waals surface area contributed by atoms with E-state index in [0.29, 0.717) is 6.54 Å². The Hall–Kier alpha value is -2.20. The van der Waals surface area contributed by atoms with Crippen molar-refractivity contribution in [1.82, 2.24) is 0 Å². The second-order valence-corrected chi connectivity index (χ2v) is 4.04. The average Bonchev–Trinajstić information content (AvgIpc) is 2.38. The van der Waals surface area contributed by atoms with E-state index in [0.717, 1.165) is 16.8 Å². The Kier molecular flexibility index (Phi) is 3.69. The molecular weight excluding hydrogens is 229 g/mol. The van der Waals surface area contributed by atoms with Crippen LogP contribution in [0.3, 0.4) is 0 Å². The van der Waals surface area contributed by atoms with Gasteiger partial charge in [-0.05, 0) is 24.3 Å². The highest BCUT2D eigenvalue weighted by Gasteiger charge is 2.07. The number of hydrogen-bond acceptors (Lipinski definition) is 1. The molecule has 0 unspecified atom stereocenters. The van der Waals surface area contributed by atoms with Gasteiger partial charge in [-0.25, -0.2) is 4.39 Å². The van der Waals surface area contributed by atoms with Crippen LogP contribution >= 0.6 is 0 Å². The Morgan fingerprint density at radius 1 is 1.11 bits per heavy atom. The van der Waals surface area contributed by atoms with Crippen molar-refractivity contribution >= 4 is 11.5 Å². The van der Waals surface area contributed by atoms with Gasteiger partial charge in [0.2, 0.25) is 0 Å². The summed E-state index contributed by atoms with van der Waals surface area (Å²) in [5.74, 6) is -0.177. The molecule has 2 aromatic rings. The number of nitrogens with two attached hydrogens (primary N) is 2. The molecule has 2 aromatic carbocycles. The van der Waals surface area contributed by atoms with E-state index in [9.17, 15) is 4.39 Å². The number of rotatable bonds is 4. The lowest BCUT2D eigenvalue weighted by atomic mass is 10.1. The zero-order valence-corrected chi connectivity index (χ0v) is 9.86. The summed E-state index contributed by atoms with van der Waals surface area (Å²) in [5, 5.41) is 9.49. The van der Waals surface area contributed by atoms with Crippen LogP contribution in [0, 0.1) is 11.2 Å². The molecule has 0 saturated heterocycles. The molecule has 0 heterocycles. The van der Waals surface area contributed by atoms with Crippen LogP contribution in [-0.4, -0.2) is 5.84 Å². The van der Waals surface area contributed by atoms with Crippen LogP contribution in [0.25, 0.3) is 0 Å². The van der Waals surface area contributed by atoms with E-state index >= 15 is 0 Å². The van der Waals surface area contributed by atoms with Gasteiger partial charge in [0.05, 0.1) is 5.56 Å². The fraction of sp³-hybridized carbons (Fsp3) is 0.0714. The first kappa shape index (κ1) is 12.3. The highest BCUT2D eigenvalue weighted by atomic mass is 19.1. The summed E-state index contributed by atoms with van der Waals surface area (Å²) in [6, 6.07) is 13.9. The maximum absolute atomic E-state index is 12.8. The summed E-state index contributed by atoms with van der Waals surface area (Å²) in [7, 11) is 0. The number of benzene rings is 2. The molecule has 0 amide bonds. The largest absolute Gasteiger partial charge is 0.383 e. The van der Waals surface area contributed by atoms with Crippen molar-refractivity contribution in [1.29, 1.82) is 5.41 Å². The van der Waals surface area contributed by atoms with E-state index < -0.39 is 0 Å². The van der Waals surface area contributed by atoms with Gasteiger partial charge < -0.3 is 11.1 Å². The van der Waals surface area contributed by atoms with Gasteiger partial charge >= 0.3 is 0 Å². The van der Waals surface area contributed by atoms with Crippen molar-refractivity contribution in [2.24, 2.45) is 5.73 Å². The molecule has 0 saturated carbocycles. The minimum atomic E-state index is -0.233. The summed E-state index contributed by atoms with van der Waals surface area (Å²) >= 11 is 0. The SMILES string of the molecule is N=C(N)c1ccccc1[NH2+]Cc1ccc(F)cc1. The van der Waals surface area contributed by atoms with Gasteiger partial charge in [0, 0.05) is 5.56 Å². The molecule has 0 atom stereocenters. The number of quaternary nitrogens is 1. The highest BCUT2D eigenvalue weighted by Crippen LogP contribution is 2.08. The third kappa shape index (κ3) is 2.93. The van der Waals surface area contributed by atoms with Crippen molar-refractivity contribution in [3.63, 3.8) is 0 Å². The van der Waals surface area contributed by atoms with Crippen LogP contribution in [0.2, 0.25) is 0 Å². The first-order valence-electron chi connectivity index (χ1n) is 5.68. The third-order valence-corrected chi connectivity index (χ3v) is 2.72. The van der Waals surface area contributed by atoms with Crippen LogP contribution < -0.4 is 11.1 Å². The predicted octanol–water partition coefficient (Wildman–Crippen LogP) is 1.50. The van der Waals surface area contributed by atoms with Crippen LogP contribution in [0.5, 0.6) is 0 Å². The Bertz CT molecular complexity index is 549. The van der Waals surface area contributed by atoms with Gasteiger partial charge in [0.15, 0.2) is 0 Å². The first-order valence-corrected chi connectivity index (χ1v) is 5.68. The second kappa shape index (κ2) is 5.42. The second-order valence-electron chi connectivity index (χ2n) is 4.04. The molecule has 3 nitrogen and oxygen atoms in total. The number of hydrogen-bond donors (Lipinski definition) is 3. The quantitative estimate of drug-likeness (QED) is 0.426. The molecule has 18 heavy (non-hydrogen) atoms. The van der Waals surface area contributed by atoms with Crippen molar-refractivity contribution < 1.29 is 9.71 Å².